The monoisotopic (exact) mass is 288 g/mol. The molecule has 0 aromatic heterocycles. The largest absolute Gasteiger partial charge is 0.312 e. The van der Waals surface area contributed by atoms with E-state index in [0.717, 1.165) is 12.5 Å². The van der Waals surface area contributed by atoms with Crippen molar-refractivity contribution in [2.24, 2.45) is 0 Å². The molecular formula is C19H32N2. The molecule has 0 amide bonds. The molecule has 2 nitrogen and oxygen atoms in total. The lowest BCUT2D eigenvalue weighted by atomic mass is 9.97. The second kappa shape index (κ2) is 7.95. The zero-order chi connectivity index (χ0) is 15.2. The van der Waals surface area contributed by atoms with Gasteiger partial charge in [0.25, 0.3) is 0 Å². The molecule has 1 N–H and O–H groups in total. The van der Waals surface area contributed by atoms with E-state index in [1.165, 1.54) is 43.4 Å². The predicted molar refractivity (Wildman–Crippen MR) is 91.7 cm³/mol. The quantitative estimate of drug-likeness (QED) is 0.734. The van der Waals surface area contributed by atoms with E-state index in [4.69, 9.17) is 0 Å². The van der Waals surface area contributed by atoms with E-state index < -0.39 is 0 Å². The van der Waals surface area contributed by atoms with Crippen molar-refractivity contribution in [3.63, 3.8) is 0 Å². The number of nitrogens with zero attached hydrogens (tertiary/aromatic N) is 1. The number of rotatable bonds is 9. The minimum Gasteiger partial charge on any atom is -0.312 e. The first-order valence-corrected chi connectivity index (χ1v) is 8.73. The summed E-state index contributed by atoms with van der Waals surface area (Å²) in [6.45, 7) is 8.14. The van der Waals surface area contributed by atoms with Gasteiger partial charge in [-0.1, -0.05) is 44.5 Å². The zero-order valence-corrected chi connectivity index (χ0v) is 14.2. The topological polar surface area (TPSA) is 15.3 Å². The van der Waals surface area contributed by atoms with E-state index in [0.29, 0.717) is 12.1 Å². The molecule has 1 fully saturated rings. The lowest BCUT2D eigenvalue weighted by Gasteiger charge is -2.35. The maximum Gasteiger partial charge on any atom is 0.0473 e. The molecule has 1 aliphatic carbocycles. The van der Waals surface area contributed by atoms with Gasteiger partial charge < -0.3 is 5.32 Å². The normalized spacial score (nSPS) is 18.0. The van der Waals surface area contributed by atoms with Crippen LogP contribution in [0.5, 0.6) is 0 Å². The fourth-order valence-corrected chi connectivity index (χ4v) is 3.30. The summed E-state index contributed by atoms with van der Waals surface area (Å²) in [6.07, 6.45) is 6.49. The van der Waals surface area contributed by atoms with Crippen molar-refractivity contribution < 1.29 is 0 Å². The standard InChI is InChI=1S/C19H32N2/c1-5-7-14-21(18-12-13-18)15(3)19(20-4)17-10-8-16(6-2)9-11-17/h8-11,15,18-20H,5-7,12-14H2,1-4H3. The van der Waals surface area contributed by atoms with Crippen LogP contribution in [-0.4, -0.2) is 30.6 Å². The fraction of sp³-hybridized carbons (Fsp3) is 0.684. The van der Waals surface area contributed by atoms with E-state index in [2.05, 4.69) is 62.3 Å². The van der Waals surface area contributed by atoms with Crippen LogP contribution in [0.2, 0.25) is 0 Å². The van der Waals surface area contributed by atoms with Crippen LogP contribution in [0, 0.1) is 0 Å². The Morgan fingerprint density at radius 2 is 1.86 bits per heavy atom. The van der Waals surface area contributed by atoms with Gasteiger partial charge in [0, 0.05) is 18.1 Å². The van der Waals surface area contributed by atoms with Gasteiger partial charge in [-0.05, 0) is 57.3 Å². The molecule has 0 spiro atoms. The average Bonchev–Trinajstić information content (AvgIpc) is 3.34. The predicted octanol–water partition coefficient (Wildman–Crippen LogP) is 4.16. The van der Waals surface area contributed by atoms with Crippen LogP contribution in [0.4, 0.5) is 0 Å². The third kappa shape index (κ3) is 4.31. The molecule has 21 heavy (non-hydrogen) atoms. The molecule has 0 radical (unpaired) electrons. The smallest absolute Gasteiger partial charge is 0.0473 e. The second-order valence-electron chi connectivity index (χ2n) is 6.42. The van der Waals surface area contributed by atoms with E-state index in [-0.39, 0.29) is 0 Å². The summed E-state index contributed by atoms with van der Waals surface area (Å²) in [5.41, 5.74) is 2.84. The summed E-state index contributed by atoms with van der Waals surface area (Å²) < 4.78 is 0. The molecule has 0 saturated heterocycles. The average molecular weight is 288 g/mol. The maximum absolute atomic E-state index is 3.55. The van der Waals surface area contributed by atoms with Crippen molar-refractivity contribution in [2.45, 2.75) is 71.0 Å². The van der Waals surface area contributed by atoms with Gasteiger partial charge in [-0.15, -0.1) is 0 Å². The van der Waals surface area contributed by atoms with Crippen molar-refractivity contribution in [3.05, 3.63) is 35.4 Å². The Morgan fingerprint density at radius 1 is 1.19 bits per heavy atom. The molecule has 2 atom stereocenters. The van der Waals surface area contributed by atoms with Crippen LogP contribution >= 0.6 is 0 Å². The first-order valence-electron chi connectivity index (χ1n) is 8.73. The maximum atomic E-state index is 3.55. The molecule has 1 aromatic rings. The number of nitrogens with one attached hydrogen (secondary N) is 1. The number of aryl methyl sites for hydroxylation is 1. The number of benzene rings is 1. The first kappa shape index (κ1) is 16.5. The van der Waals surface area contributed by atoms with Crippen LogP contribution in [0.15, 0.2) is 24.3 Å². The van der Waals surface area contributed by atoms with Gasteiger partial charge in [-0.25, -0.2) is 0 Å². The Kier molecular flexibility index (Phi) is 6.25. The Morgan fingerprint density at radius 3 is 2.33 bits per heavy atom. The van der Waals surface area contributed by atoms with Crippen LogP contribution in [0.25, 0.3) is 0 Å². The molecule has 0 heterocycles. The fourth-order valence-electron chi connectivity index (χ4n) is 3.30. The van der Waals surface area contributed by atoms with Crippen LogP contribution < -0.4 is 5.32 Å². The highest BCUT2D eigenvalue weighted by atomic mass is 15.2. The van der Waals surface area contributed by atoms with Gasteiger partial charge in [0.15, 0.2) is 0 Å². The first-order chi connectivity index (χ1) is 10.2. The molecule has 0 bridgehead atoms. The minimum atomic E-state index is 0.424. The second-order valence-corrected chi connectivity index (χ2v) is 6.42. The number of hydrogen-bond acceptors (Lipinski definition) is 2. The van der Waals surface area contributed by atoms with Gasteiger partial charge in [-0.3, -0.25) is 4.90 Å². The van der Waals surface area contributed by atoms with Gasteiger partial charge in [0.1, 0.15) is 0 Å². The summed E-state index contributed by atoms with van der Waals surface area (Å²) >= 11 is 0. The summed E-state index contributed by atoms with van der Waals surface area (Å²) in [5, 5.41) is 3.55. The summed E-state index contributed by atoms with van der Waals surface area (Å²) in [4.78, 5) is 2.73. The zero-order valence-electron chi connectivity index (χ0n) is 14.2. The van der Waals surface area contributed by atoms with Gasteiger partial charge in [0.2, 0.25) is 0 Å². The number of likely N-dealkylation sites (N-methyl/N-ethyl adjacent to an activating group) is 1. The third-order valence-electron chi connectivity index (χ3n) is 4.85. The van der Waals surface area contributed by atoms with E-state index in [9.17, 15) is 0 Å². The SMILES string of the molecule is CCCCN(C1CC1)C(C)C(NC)c1ccc(CC)cc1. The summed E-state index contributed by atoms with van der Waals surface area (Å²) in [7, 11) is 2.10. The van der Waals surface area contributed by atoms with E-state index in [1.807, 2.05) is 0 Å². The van der Waals surface area contributed by atoms with Gasteiger partial charge in [-0.2, -0.15) is 0 Å². The Hall–Kier alpha value is -0.860. The molecule has 2 rings (SSSR count). The minimum absolute atomic E-state index is 0.424. The van der Waals surface area contributed by atoms with E-state index >= 15 is 0 Å². The molecule has 0 aliphatic heterocycles. The van der Waals surface area contributed by atoms with E-state index in [1.54, 1.807) is 0 Å². The highest BCUT2D eigenvalue weighted by Gasteiger charge is 2.34. The lowest BCUT2D eigenvalue weighted by molar-refractivity contribution is 0.160. The summed E-state index contributed by atoms with van der Waals surface area (Å²) in [6, 6.07) is 11.0. The molecule has 1 aromatic carbocycles. The Bertz CT molecular complexity index is 408. The molecule has 1 aliphatic rings. The molecule has 1 saturated carbocycles. The Labute approximate surface area is 130 Å². The summed E-state index contributed by atoms with van der Waals surface area (Å²) in [5.74, 6) is 0. The van der Waals surface area contributed by atoms with Gasteiger partial charge >= 0.3 is 0 Å². The number of hydrogen-bond donors (Lipinski definition) is 1. The van der Waals surface area contributed by atoms with Crippen molar-refractivity contribution in [1.82, 2.24) is 10.2 Å². The molecular weight excluding hydrogens is 256 g/mol. The highest BCUT2D eigenvalue weighted by Crippen LogP contribution is 2.33. The van der Waals surface area contributed by atoms with Crippen molar-refractivity contribution in [1.29, 1.82) is 0 Å². The van der Waals surface area contributed by atoms with Crippen molar-refractivity contribution in [3.8, 4) is 0 Å². The van der Waals surface area contributed by atoms with Crippen LogP contribution in [0.1, 0.15) is 63.6 Å². The lowest BCUT2D eigenvalue weighted by Crippen LogP contribution is -2.43. The van der Waals surface area contributed by atoms with Crippen LogP contribution in [0.3, 0.4) is 0 Å². The highest BCUT2D eigenvalue weighted by molar-refractivity contribution is 5.26. The van der Waals surface area contributed by atoms with Gasteiger partial charge in [0.05, 0.1) is 0 Å². The van der Waals surface area contributed by atoms with Crippen LogP contribution in [-0.2, 0) is 6.42 Å². The van der Waals surface area contributed by atoms with Crippen molar-refractivity contribution >= 4 is 0 Å². The number of unbranched alkanes of at least 4 members (excludes halogenated alkanes) is 1. The molecule has 2 unspecified atom stereocenters. The third-order valence-corrected chi connectivity index (χ3v) is 4.85. The Balaban J connectivity index is 2.09. The molecule has 118 valence electrons. The molecule has 2 heteroatoms. The van der Waals surface area contributed by atoms with Crippen molar-refractivity contribution in [2.75, 3.05) is 13.6 Å².